The van der Waals surface area contributed by atoms with Crippen molar-refractivity contribution >= 4 is 23.4 Å². The monoisotopic (exact) mass is 286 g/mol. The molecule has 0 bridgehead atoms. The summed E-state index contributed by atoms with van der Waals surface area (Å²) in [7, 11) is 0. The summed E-state index contributed by atoms with van der Waals surface area (Å²) >= 11 is 0.477. The minimum Gasteiger partial charge on any atom is -0.373 e. The highest BCUT2D eigenvalue weighted by Gasteiger charge is 2.25. The third-order valence-electron chi connectivity index (χ3n) is 2.79. The average molecular weight is 286 g/mol. The molecule has 1 aliphatic rings. The molecule has 3 nitrogen and oxygen atoms in total. The molecular weight excluding hydrogens is 270 g/mol. The number of hydrogen-bond acceptors (Lipinski definition) is 3. The zero-order chi connectivity index (χ0) is 13.8. The Hall–Kier alpha value is -1.30. The van der Waals surface area contributed by atoms with Gasteiger partial charge in [0, 0.05) is 16.6 Å². The Morgan fingerprint density at radius 3 is 2.68 bits per heavy atom. The van der Waals surface area contributed by atoms with Crippen molar-refractivity contribution in [3.63, 3.8) is 0 Å². The highest BCUT2D eigenvalue weighted by atomic mass is 32.2. The van der Waals surface area contributed by atoms with Gasteiger partial charge in [-0.05, 0) is 31.9 Å². The van der Waals surface area contributed by atoms with Gasteiger partial charge in [-0.25, -0.2) is 0 Å². The summed E-state index contributed by atoms with van der Waals surface area (Å²) in [6.45, 7) is 1.72. The maximum atomic E-state index is 12.4. The summed E-state index contributed by atoms with van der Waals surface area (Å²) in [5.74, 6) is -2.57. The summed E-state index contributed by atoms with van der Waals surface area (Å²) in [6, 6.07) is 6.62. The van der Waals surface area contributed by atoms with Crippen LogP contribution in [0.5, 0.6) is 0 Å². The number of halogens is 2. The van der Waals surface area contributed by atoms with E-state index in [1.807, 2.05) is 0 Å². The Bertz CT molecular complexity index is 452. The first kappa shape index (κ1) is 14.1. The predicted octanol–water partition coefficient (Wildman–Crippen LogP) is 3.08. The molecule has 1 aromatic carbocycles. The fraction of sp³-hybridized carbons (Fsp3) is 0.462. The van der Waals surface area contributed by atoms with E-state index in [2.05, 4.69) is 10.6 Å². The molecule has 0 aliphatic heterocycles. The van der Waals surface area contributed by atoms with E-state index in [4.69, 9.17) is 0 Å². The van der Waals surface area contributed by atoms with Gasteiger partial charge in [0.25, 0.3) is 5.76 Å². The zero-order valence-corrected chi connectivity index (χ0v) is 11.3. The number of hydrogen-bond donors (Lipinski definition) is 2. The van der Waals surface area contributed by atoms with Gasteiger partial charge in [0.2, 0.25) is 5.91 Å². The van der Waals surface area contributed by atoms with E-state index in [1.54, 1.807) is 31.2 Å². The van der Waals surface area contributed by atoms with Crippen LogP contribution < -0.4 is 10.6 Å². The normalized spacial score (nSPS) is 16.2. The molecule has 1 aliphatic carbocycles. The number of rotatable bonds is 6. The zero-order valence-electron chi connectivity index (χ0n) is 10.5. The van der Waals surface area contributed by atoms with Crippen LogP contribution in [0.1, 0.15) is 19.8 Å². The highest BCUT2D eigenvalue weighted by molar-refractivity contribution is 7.99. The van der Waals surface area contributed by atoms with Gasteiger partial charge >= 0.3 is 0 Å². The van der Waals surface area contributed by atoms with Crippen LogP contribution in [0, 0.1) is 0 Å². The van der Waals surface area contributed by atoms with Crippen molar-refractivity contribution in [2.75, 3.05) is 5.32 Å². The standard InChI is InChI=1S/C13H16F2N2OS/c1-8(12(18)17-9-6-7-9)16-10-4-2-3-5-11(10)19-13(14)15/h2-5,8-9,13,16H,6-7H2,1H3,(H,17,18). The second-order valence-corrected chi connectivity index (χ2v) is 5.56. The van der Waals surface area contributed by atoms with Crippen molar-refractivity contribution < 1.29 is 13.6 Å². The first-order chi connectivity index (χ1) is 9.06. The second-order valence-electron chi connectivity index (χ2n) is 4.52. The number of carbonyl (C=O) groups is 1. The highest BCUT2D eigenvalue weighted by Crippen LogP contribution is 2.32. The van der Waals surface area contributed by atoms with Crippen molar-refractivity contribution in [2.24, 2.45) is 0 Å². The van der Waals surface area contributed by atoms with Gasteiger partial charge in [0.1, 0.15) is 6.04 Å². The number of para-hydroxylation sites is 1. The molecule has 19 heavy (non-hydrogen) atoms. The molecule has 104 valence electrons. The van der Waals surface area contributed by atoms with Gasteiger partial charge in [-0.1, -0.05) is 23.9 Å². The molecule has 1 amide bonds. The van der Waals surface area contributed by atoms with E-state index in [-0.39, 0.29) is 5.91 Å². The van der Waals surface area contributed by atoms with Crippen LogP contribution in [-0.4, -0.2) is 23.7 Å². The Morgan fingerprint density at radius 2 is 2.05 bits per heavy atom. The lowest BCUT2D eigenvalue weighted by atomic mass is 10.2. The molecule has 0 spiro atoms. The van der Waals surface area contributed by atoms with E-state index in [9.17, 15) is 13.6 Å². The van der Waals surface area contributed by atoms with Gasteiger partial charge in [-0.2, -0.15) is 8.78 Å². The molecule has 1 fully saturated rings. The number of anilines is 1. The molecule has 1 aromatic rings. The third kappa shape index (κ3) is 4.38. The van der Waals surface area contributed by atoms with Crippen molar-refractivity contribution in [3.8, 4) is 0 Å². The van der Waals surface area contributed by atoms with Crippen molar-refractivity contribution in [1.82, 2.24) is 5.32 Å². The van der Waals surface area contributed by atoms with Gasteiger partial charge < -0.3 is 10.6 Å². The average Bonchev–Trinajstić information content (AvgIpc) is 3.14. The van der Waals surface area contributed by atoms with E-state index < -0.39 is 11.8 Å². The number of alkyl halides is 2. The molecular formula is C13H16F2N2OS. The minimum absolute atomic E-state index is 0.0978. The molecule has 2 N–H and O–H groups in total. The van der Waals surface area contributed by atoms with Crippen LogP contribution >= 0.6 is 11.8 Å². The summed E-state index contributed by atoms with van der Waals surface area (Å²) in [5.41, 5.74) is 0.561. The molecule has 0 heterocycles. The third-order valence-corrected chi connectivity index (χ3v) is 3.58. The minimum atomic E-state index is -2.47. The van der Waals surface area contributed by atoms with Crippen LogP contribution in [0.2, 0.25) is 0 Å². The summed E-state index contributed by atoms with van der Waals surface area (Å²) in [6.07, 6.45) is 2.05. The first-order valence-electron chi connectivity index (χ1n) is 6.17. The smallest absolute Gasteiger partial charge is 0.288 e. The quantitative estimate of drug-likeness (QED) is 0.790. The number of carbonyl (C=O) groups excluding carboxylic acids is 1. The number of benzene rings is 1. The Morgan fingerprint density at radius 1 is 1.37 bits per heavy atom. The molecule has 1 unspecified atom stereocenters. The van der Waals surface area contributed by atoms with Crippen LogP contribution in [-0.2, 0) is 4.79 Å². The van der Waals surface area contributed by atoms with Crippen LogP contribution in [0.15, 0.2) is 29.2 Å². The van der Waals surface area contributed by atoms with E-state index >= 15 is 0 Å². The summed E-state index contributed by atoms with van der Waals surface area (Å²) in [4.78, 5) is 12.3. The fourth-order valence-corrected chi connectivity index (χ4v) is 2.24. The summed E-state index contributed by atoms with van der Waals surface area (Å²) < 4.78 is 24.9. The fourth-order valence-electron chi connectivity index (χ4n) is 1.64. The molecule has 0 saturated heterocycles. The molecule has 1 saturated carbocycles. The SMILES string of the molecule is CC(Nc1ccccc1SC(F)F)C(=O)NC1CC1. The largest absolute Gasteiger partial charge is 0.373 e. The second kappa shape index (κ2) is 6.23. The molecule has 0 radical (unpaired) electrons. The lowest BCUT2D eigenvalue weighted by Gasteiger charge is -2.17. The van der Waals surface area contributed by atoms with Crippen LogP contribution in [0.3, 0.4) is 0 Å². The maximum Gasteiger partial charge on any atom is 0.288 e. The topological polar surface area (TPSA) is 41.1 Å². The van der Waals surface area contributed by atoms with Crippen molar-refractivity contribution in [3.05, 3.63) is 24.3 Å². The molecule has 2 rings (SSSR count). The number of nitrogens with one attached hydrogen (secondary N) is 2. The molecule has 6 heteroatoms. The van der Waals surface area contributed by atoms with Gasteiger partial charge in [-0.15, -0.1) is 0 Å². The van der Waals surface area contributed by atoms with E-state index in [0.29, 0.717) is 28.4 Å². The Balaban J connectivity index is 1.98. The van der Waals surface area contributed by atoms with Gasteiger partial charge in [0.05, 0.1) is 0 Å². The summed E-state index contributed by atoms with van der Waals surface area (Å²) in [5, 5.41) is 5.86. The number of thioether (sulfide) groups is 1. The van der Waals surface area contributed by atoms with Crippen LogP contribution in [0.25, 0.3) is 0 Å². The van der Waals surface area contributed by atoms with Crippen molar-refractivity contribution in [2.45, 2.75) is 42.5 Å². The molecule has 0 aromatic heterocycles. The lowest BCUT2D eigenvalue weighted by molar-refractivity contribution is -0.121. The van der Waals surface area contributed by atoms with Crippen molar-refractivity contribution in [1.29, 1.82) is 0 Å². The Labute approximate surface area is 115 Å². The van der Waals surface area contributed by atoms with E-state index in [1.165, 1.54) is 0 Å². The van der Waals surface area contributed by atoms with Gasteiger partial charge in [0.15, 0.2) is 0 Å². The van der Waals surface area contributed by atoms with E-state index in [0.717, 1.165) is 12.8 Å². The number of amides is 1. The Kier molecular flexibility index (Phi) is 4.63. The lowest BCUT2D eigenvalue weighted by Crippen LogP contribution is -2.38. The van der Waals surface area contributed by atoms with Crippen LogP contribution in [0.4, 0.5) is 14.5 Å². The predicted molar refractivity (Wildman–Crippen MR) is 72.6 cm³/mol. The first-order valence-corrected chi connectivity index (χ1v) is 7.05. The molecule has 1 atom stereocenters. The maximum absolute atomic E-state index is 12.4. The van der Waals surface area contributed by atoms with Gasteiger partial charge in [-0.3, -0.25) is 4.79 Å².